The Labute approximate surface area is 204 Å². The first-order valence-corrected chi connectivity index (χ1v) is 11.9. The molecule has 5 rings (SSSR count). The molecule has 2 aromatic heterocycles. The molecule has 0 radical (unpaired) electrons. The van der Waals surface area contributed by atoms with Crippen molar-refractivity contribution in [3.05, 3.63) is 53.3 Å². The van der Waals surface area contributed by atoms with Crippen molar-refractivity contribution in [2.45, 2.75) is 68.5 Å². The Morgan fingerprint density at radius 3 is 2.50 bits per heavy atom. The van der Waals surface area contributed by atoms with E-state index in [1.54, 1.807) is 0 Å². The van der Waals surface area contributed by atoms with Gasteiger partial charge in [0.15, 0.2) is 17.5 Å². The Kier molecular flexibility index (Phi) is 7.11. The number of aromatic nitrogens is 4. The summed E-state index contributed by atoms with van der Waals surface area (Å²) in [5.41, 5.74) is 0.946. The molecule has 1 aromatic carbocycles. The summed E-state index contributed by atoms with van der Waals surface area (Å²) in [4.78, 5) is 0. The van der Waals surface area contributed by atoms with E-state index in [2.05, 4.69) is 15.5 Å². The van der Waals surface area contributed by atoms with Crippen LogP contribution in [0.2, 0.25) is 0 Å². The molecular formula is C24H27F3N4O5. The number of aliphatic hydroxyl groups is 2. The van der Waals surface area contributed by atoms with Gasteiger partial charge in [-0.15, -0.1) is 5.10 Å². The fourth-order valence-electron chi connectivity index (χ4n) is 5.23. The fourth-order valence-corrected chi connectivity index (χ4v) is 5.23. The van der Waals surface area contributed by atoms with E-state index in [0.29, 0.717) is 11.7 Å². The second kappa shape index (κ2) is 10.3. The maximum Gasteiger partial charge on any atom is 0.194 e. The van der Waals surface area contributed by atoms with Gasteiger partial charge in [0.2, 0.25) is 0 Å². The second-order valence-corrected chi connectivity index (χ2v) is 9.32. The van der Waals surface area contributed by atoms with Crippen LogP contribution in [0, 0.1) is 17.5 Å². The standard InChI is InChI=1S/C24H27F3N4O5/c1-34-24-19(9-14-8-17(29-36-14)12-4-2-3-5-12)35-20(11-32)23(33)22(24)31-10-18(28-30-31)13-6-15(25)21(27)16(26)7-13/h6-8,10,12,19-20,22-24,32-33H,2-5,9,11H2,1H3/t19-,20-,22+,23+,24+/m1/s1. The van der Waals surface area contributed by atoms with Crippen molar-refractivity contribution in [1.29, 1.82) is 0 Å². The van der Waals surface area contributed by atoms with Gasteiger partial charge < -0.3 is 24.2 Å². The van der Waals surface area contributed by atoms with Crippen LogP contribution in [0.25, 0.3) is 11.3 Å². The molecule has 2 aliphatic rings. The molecule has 3 heterocycles. The topological polar surface area (TPSA) is 116 Å². The largest absolute Gasteiger partial charge is 0.394 e. The molecular weight excluding hydrogens is 481 g/mol. The molecule has 0 bridgehead atoms. The van der Waals surface area contributed by atoms with Gasteiger partial charge in [0.05, 0.1) is 24.6 Å². The van der Waals surface area contributed by atoms with Crippen LogP contribution in [0.15, 0.2) is 28.9 Å². The van der Waals surface area contributed by atoms with Crippen LogP contribution in [-0.4, -0.2) is 68.5 Å². The number of methoxy groups -OCH3 is 1. The summed E-state index contributed by atoms with van der Waals surface area (Å²) in [6.45, 7) is -0.468. The van der Waals surface area contributed by atoms with Crippen LogP contribution >= 0.6 is 0 Å². The number of aliphatic hydroxyl groups excluding tert-OH is 2. The Hall–Kier alpha value is -2.80. The number of ether oxygens (including phenoxy) is 2. The lowest BCUT2D eigenvalue weighted by Crippen LogP contribution is -2.57. The predicted octanol–water partition coefficient (Wildman–Crippen LogP) is 2.93. The summed E-state index contributed by atoms with van der Waals surface area (Å²) < 4.78 is 59.4. The molecule has 2 N–H and O–H groups in total. The van der Waals surface area contributed by atoms with E-state index in [1.165, 1.54) is 30.8 Å². The van der Waals surface area contributed by atoms with Crippen LogP contribution in [0.1, 0.15) is 49.1 Å². The highest BCUT2D eigenvalue weighted by atomic mass is 19.2. The molecule has 1 saturated heterocycles. The summed E-state index contributed by atoms with van der Waals surface area (Å²) in [5, 5.41) is 33.0. The van der Waals surface area contributed by atoms with Gasteiger partial charge in [0.25, 0.3) is 0 Å². The summed E-state index contributed by atoms with van der Waals surface area (Å²) in [5.74, 6) is -3.33. The van der Waals surface area contributed by atoms with E-state index >= 15 is 0 Å². The van der Waals surface area contributed by atoms with Gasteiger partial charge in [-0.2, -0.15) is 0 Å². The molecule has 2 fully saturated rings. The molecule has 0 spiro atoms. The first-order valence-electron chi connectivity index (χ1n) is 11.9. The van der Waals surface area contributed by atoms with E-state index in [4.69, 9.17) is 14.0 Å². The van der Waals surface area contributed by atoms with E-state index in [0.717, 1.165) is 30.7 Å². The Balaban J connectivity index is 1.41. The van der Waals surface area contributed by atoms with Crippen LogP contribution in [0.4, 0.5) is 13.2 Å². The summed E-state index contributed by atoms with van der Waals surface area (Å²) in [6, 6.07) is 2.67. The van der Waals surface area contributed by atoms with Gasteiger partial charge >= 0.3 is 0 Å². The third-order valence-electron chi connectivity index (χ3n) is 7.08. The van der Waals surface area contributed by atoms with Crippen molar-refractivity contribution >= 4 is 0 Å². The molecule has 194 valence electrons. The van der Waals surface area contributed by atoms with Crippen LogP contribution in [-0.2, 0) is 15.9 Å². The van der Waals surface area contributed by atoms with Gasteiger partial charge in [0.1, 0.15) is 35.8 Å². The maximum atomic E-state index is 13.7. The predicted molar refractivity (Wildman–Crippen MR) is 118 cm³/mol. The maximum absolute atomic E-state index is 13.7. The Morgan fingerprint density at radius 2 is 1.83 bits per heavy atom. The third kappa shape index (κ3) is 4.65. The SMILES string of the molecule is CO[C@@H]1[C@@H](n2cc(-c3cc(F)c(F)c(F)c3)nn2)[C@@H](O)[C@@H](CO)O[C@@H]1Cc1cc(C2CCCC2)no1. The molecule has 5 atom stereocenters. The minimum Gasteiger partial charge on any atom is -0.394 e. The highest BCUT2D eigenvalue weighted by Crippen LogP contribution is 2.36. The number of rotatable bonds is 7. The quantitative estimate of drug-likeness (QED) is 0.468. The lowest BCUT2D eigenvalue weighted by Gasteiger charge is -2.43. The lowest BCUT2D eigenvalue weighted by molar-refractivity contribution is -0.212. The molecule has 36 heavy (non-hydrogen) atoms. The van der Waals surface area contributed by atoms with Crippen molar-refractivity contribution < 1.29 is 37.4 Å². The highest BCUT2D eigenvalue weighted by Gasteiger charge is 2.47. The van der Waals surface area contributed by atoms with Gasteiger partial charge in [-0.05, 0) is 25.0 Å². The molecule has 12 heteroatoms. The fraction of sp³-hybridized carbons (Fsp3) is 0.542. The number of hydrogen-bond donors (Lipinski definition) is 2. The lowest BCUT2D eigenvalue weighted by atomic mass is 9.90. The number of halogens is 3. The zero-order valence-corrected chi connectivity index (χ0v) is 19.6. The van der Waals surface area contributed by atoms with Crippen molar-refractivity contribution in [3.63, 3.8) is 0 Å². The smallest absolute Gasteiger partial charge is 0.194 e. The van der Waals surface area contributed by atoms with Crippen LogP contribution in [0.3, 0.4) is 0 Å². The van der Waals surface area contributed by atoms with E-state index in [1.807, 2.05) is 6.07 Å². The van der Waals surface area contributed by atoms with Crippen molar-refractivity contribution in [3.8, 4) is 11.3 Å². The molecule has 0 unspecified atom stereocenters. The monoisotopic (exact) mass is 508 g/mol. The minimum atomic E-state index is -1.58. The first kappa shape index (κ1) is 24.9. The van der Waals surface area contributed by atoms with Gasteiger partial charge in [-0.1, -0.05) is 23.2 Å². The zero-order valence-electron chi connectivity index (χ0n) is 19.6. The normalized spacial score (nSPS) is 27.1. The second-order valence-electron chi connectivity index (χ2n) is 9.32. The van der Waals surface area contributed by atoms with Gasteiger partial charge in [0, 0.05) is 31.1 Å². The van der Waals surface area contributed by atoms with Crippen LogP contribution in [0.5, 0.6) is 0 Å². The molecule has 1 saturated carbocycles. The van der Waals surface area contributed by atoms with Crippen molar-refractivity contribution in [2.24, 2.45) is 0 Å². The average molecular weight is 508 g/mol. The van der Waals surface area contributed by atoms with E-state index in [9.17, 15) is 23.4 Å². The number of nitrogens with zero attached hydrogens (tertiary/aromatic N) is 4. The zero-order chi connectivity index (χ0) is 25.4. The van der Waals surface area contributed by atoms with Crippen LogP contribution < -0.4 is 0 Å². The summed E-state index contributed by atoms with van der Waals surface area (Å²) >= 11 is 0. The number of hydrogen-bond acceptors (Lipinski definition) is 8. The number of benzene rings is 1. The highest BCUT2D eigenvalue weighted by molar-refractivity contribution is 5.57. The van der Waals surface area contributed by atoms with Gasteiger partial charge in [-0.25, -0.2) is 17.9 Å². The first-order chi connectivity index (χ1) is 17.4. The minimum absolute atomic E-state index is 0.0236. The van der Waals surface area contributed by atoms with E-state index in [-0.39, 0.29) is 17.7 Å². The molecule has 1 aliphatic heterocycles. The average Bonchev–Trinajstić information content (AvgIpc) is 3.64. The molecule has 1 aliphatic carbocycles. The molecule has 9 nitrogen and oxygen atoms in total. The third-order valence-corrected chi connectivity index (χ3v) is 7.08. The van der Waals surface area contributed by atoms with Gasteiger partial charge in [-0.3, -0.25) is 0 Å². The Morgan fingerprint density at radius 1 is 1.11 bits per heavy atom. The molecule has 0 amide bonds. The molecule has 3 aromatic rings. The summed E-state index contributed by atoms with van der Waals surface area (Å²) in [7, 11) is 1.45. The summed E-state index contributed by atoms with van der Waals surface area (Å²) in [6.07, 6.45) is 2.53. The van der Waals surface area contributed by atoms with Crippen molar-refractivity contribution in [2.75, 3.05) is 13.7 Å². The van der Waals surface area contributed by atoms with Crippen molar-refractivity contribution in [1.82, 2.24) is 20.2 Å². The van der Waals surface area contributed by atoms with E-state index < -0.39 is 54.5 Å². The Bertz CT molecular complexity index is 1180.